The van der Waals surface area contributed by atoms with E-state index < -0.39 is 0 Å². The monoisotopic (exact) mass is 237 g/mol. The number of rotatable bonds is 1. The zero-order chi connectivity index (χ0) is 12.7. The van der Waals surface area contributed by atoms with Crippen molar-refractivity contribution in [2.75, 3.05) is 0 Å². The Balaban J connectivity index is 2.07. The Morgan fingerprint density at radius 2 is 1.47 bits per heavy atom. The second kappa shape index (κ2) is 4.57. The van der Waals surface area contributed by atoms with Crippen molar-refractivity contribution in [2.24, 2.45) is 28.9 Å². The normalized spacial score (nSPS) is 46.8. The first-order valence-electron chi connectivity index (χ1n) is 7.60. The molecule has 0 heterocycles. The molecule has 0 spiro atoms. The van der Waals surface area contributed by atoms with Crippen LogP contribution in [0.3, 0.4) is 0 Å². The van der Waals surface area contributed by atoms with E-state index in [0.29, 0.717) is 5.41 Å². The number of hydrogen-bond donors (Lipinski definition) is 1. The van der Waals surface area contributed by atoms with Gasteiger partial charge in [0.25, 0.3) is 0 Å². The van der Waals surface area contributed by atoms with Crippen LogP contribution in [-0.2, 0) is 0 Å². The molecule has 0 amide bonds. The first kappa shape index (κ1) is 13.4. The fraction of sp³-hybridized carbons (Fsp3) is 1.00. The largest absolute Gasteiger partial charge is 0.325 e. The van der Waals surface area contributed by atoms with Crippen LogP contribution < -0.4 is 5.73 Å². The Kier molecular flexibility index (Phi) is 3.60. The third-order valence-electron chi connectivity index (χ3n) is 5.27. The average Bonchev–Trinajstić information content (AvgIpc) is 2.14. The summed E-state index contributed by atoms with van der Waals surface area (Å²) >= 11 is 0. The lowest BCUT2D eigenvalue weighted by molar-refractivity contribution is 0.0463. The fourth-order valence-corrected chi connectivity index (χ4v) is 4.85. The zero-order valence-electron chi connectivity index (χ0n) is 12.3. The van der Waals surface area contributed by atoms with E-state index in [1.54, 1.807) is 0 Å². The Labute approximate surface area is 108 Å². The lowest BCUT2D eigenvalue weighted by atomic mass is 9.58. The minimum Gasteiger partial charge on any atom is -0.325 e. The van der Waals surface area contributed by atoms with Gasteiger partial charge in [0.05, 0.1) is 0 Å². The predicted molar refractivity (Wildman–Crippen MR) is 74.8 cm³/mol. The van der Waals surface area contributed by atoms with Crippen LogP contribution in [0.5, 0.6) is 0 Å². The van der Waals surface area contributed by atoms with Gasteiger partial charge in [0.2, 0.25) is 0 Å². The van der Waals surface area contributed by atoms with Gasteiger partial charge in [0.1, 0.15) is 0 Å². The van der Waals surface area contributed by atoms with E-state index in [0.717, 1.165) is 17.8 Å². The summed E-state index contributed by atoms with van der Waals surface area (Å²) in [5.74, 6) is 2.53. The van der Waals surface area contributed by atoms with Gasteiger partial charge in [-0.15, -0.1) is 0 Å². The Morgan fingerprint density at radius 3 is 2.00 bits per heavy atom. The summed E-state index contributed by atoms with van der Waals surface area (Å²) in [5, 5.41) is 0. The zero-order valence-corrected chi connectivity index (χ0v) is 12.3. The smallest absolute Gasteiger partial charge is 0.0190 e. The second-order valence-corrected chi connectivity index (χ2v) is 8.04. The molecule has 0 bridgehead atoms. The first-order valence-corrected chi connectivity index (χ1v) is 7.60. The van der Waals surface area contributed by atoms with Gasteiger partial charge >= 0.3 is 0 Å². The summed E-state index contributed by atoms with van der Waals surface area (Å²) in [4.78, 5) is 0. The van der Waals surface area contributed by atoms with E-state index >= 15 is 0 Å². The lowest BCUT2D eigenvalue weighted by Crippen LogP contribution is -2.55. The van der Waals surface area contributed by atoms with Gasteiger partial charge in [-0.1, -0.05) is 40.5 Å². The van der Waals surface area contributed by atoms with Gasteiger partial charge in [0, 0.05) is 5.54 Å². The van der Waals surface area contributed by atoms with Gasteiger partial charge in [0.15, 0.2) is 0 Å². The molecule has 2 atom stereocenters. The molecular formula is C16H31N. The molecule has 1 nitrogen and oxygen atoms in total. The SMILES string of the molecule is CC1CCC(C2(N)CC(C)CC(C)(C)C2)CC1. The summed E-state index contributed by atoms with van der Waals surface area (Å²) in [6.45, 7) is 9.62. The van der Waals surface area contributed by atoms with E-state index in [4.69, 9.17) is 5.73 Å². The van der Waals surface area contributed by atoms with E-state index in [9.17, 15) is 0 Å². The van der Waals surface area contributed by atoms with E-state index in [1.807, 2.05) is 0 Å². The molecule has 0 radical (unpaired) electrons. The van der Waals surface area contributed by atoms with Crippen LogP contribution in [0.15, 0.2) is 0 Å². The topological polar surface area (TPSA) is 26.0 Å². The molecule has 2 rings (SSSR count). The van der Waals surface area contributed by atoms with Crippen LogP contribution in [0.4, 0.5) is 0 Å². The Morgan fingerprint density at radius 1 is 0.882 bits per heavy atom. The summed E-state index contributed by atoms with van der Waals surface area (Å²) in [6.07, 6.45) is 9.41. The average molecular weight is 237 g/mol. The van der Waals surface area contributed by atoms with Crippen LogP contribution in [0.1, 0.15) is 72.6 Å². The van der Waals surface area contributed by atoms with Crippen LogP contribution >= 0.6 is 0 Å². The molecule has 0 saturated heterocycles. The highest BCUT2D eigenvalue weighted by Gasteiger charge is 2.45. The number of nitrogens with two attached hydrogens (primary N) is 1. The molecular weight excluding hydrogens is 206 g/mol. The molecule has 2 aliphatic rings. The molecule has 2 unspecified atom stereocenters. The maximum atomic E-state index is 6.85. The van der Waals surface area contributed by atoms with Gasteiger partial charge in [-0.2, -0.15) is 0 Å². The van der Waals surface area contributed by atoms with E-state index in [2.05, 4.69) is 27.7 Å². The molecule has 0 aromatic carbocycles. The molecule has 0 aromatic heterocycles. The third kappa shape index (κ3) is 3.05. The number of hydrogen-bond acceptors (Lipinski definition) is 1. The van der Waals surface area contributed by atoms with Crippen molar-refractivity contribution in [3.8, 4) is 0 Å². The van der Waals surface area contributed by atoms with E-state index in [-0.39, 0.29) is 5.54 Å². The highest BCUT2D eigenvalue weighted by atomic mass is 14.8. The minimum atomic E-state index is 0.140. The molecule has 2 N–H and O–H groups in total. The summed E-state index contributed by atoms with van der Waals surface area (Å²) < 4.78 is 0. The standard InChI is InChI=1S/C16H31N/c1-12-5-7-14(8-6-12)16(17)10-13(2)9-15(3,4)11-16/h12-14H,5-11,17H2,1-4H3. The van der Waals surface area contributed by atoms with Crippen LogP contribution in [0, 0.1) is 23.2 Å². The molecule has 100 valence electrons. The predicted octanol–water partition coefficient (Wildman–Crippen LogP) is 4.36. The van der Waals surface area contributed by atoms with Gasteiger partial charge in [-0.25, -0.2) is 0 Å². The van der Waals surface area contributed by atoms with Crippen molar-refractivity contribution in [1.82, 2.24) is 0 Å². The van der Waals surface area contributed by atoms with Crippen LogP contribution in [-0.4, -0.2) is 5.54 Å². The van der Waals surface area contributed by atoms with Crippen LogP contribution in [0.25, 0.3) is 0 Å². The highest BCUT2D eigenvalue weighted by Crippen LogP contribution is 2.49. The van der Waals surface area contributed by atoms with Crippen molar-refractivity contribution in [3.05, 3.63) is 0 Å². The highest BCUT2D eigenvalue weighted by molar-refractivity contribution is 5.01. The van der Waals surface area contributed by atoms with Crippen molar-refractivity contribution >= 4 is 0 Å². The molecule has 2 aliphatic carbocycles. The summed E-state index contributed by atoms with van der Waals surface area (Å²) in [7, 11) is 0. The van der Waals surface area contributed by atoms with Crippen molar-refractivity contribution in [3.63, 3.8) is 0 Å². The van der Waals surface area contributed by atoms with Crippen molar-refractivity contribution in [2.45, 2.75) is 78.2 Å². The van der Waals surface area contributed by atoms with Crippen molar-refractivity contribution < 1.29 is 0 Å². The molecule has 2 saturated carbocycles. The second-order valence-electron chi connectivity index (χ2n) is 8.04. The Hall–Kier alpha value is -0.0400. The summed E-state index contributed by atoms with van der Waals surface area (Å²) in [5.41, 5.74) is 7.44. The maximum Gasteiger partial charge on any atom is 0.0190 e. The van der Waals surface area contributed by atoms with Crippen LogP contribution in [0.2, 0.25) is 0 Å². The molecule has 0 aromatic rings. The summed E-state index contributed by atoms with van der Waals surface area (Å²) in [6, 6.07) is 0. The van der Waals surface area contributed by atoms with Gasteiger partial charge in [-0.05, 0) is 55.3 Å². The molecule has 1 heteroatoms. The molecule has 0 aliphatic heterocycles. The minimum absolute atomic E-state index is 0.140. The first-order chi connectivity index (χ1) is 7.81. The Bertz CT molecular complexity index is 263. The third-order valence-corrected chi connectivity index (χ3v) is 5.27. The van der Waals surface area contributed by atoms with Gasteiger partial charge in [-0.3, -0.25) is 0 Å². The molecule has 17 heavy (non-hydrogen) atoms. The maximum absolute atomic E-state index is 6.85. The van der Waals surface area contributed by atoms with E-state index in [1.165, 1.54) is 44.9 Å². The quantitative estimate of drug-likeness (QED) is 0.720. The fourth-order valence-electron chi connectivity index (χ4n) is 4.85. The van der Waals surface area contributed by atoms with Gasteiger partial charge < -0.3 is 5.73 Å². The lowest BCUT2D eigenvalue weighted by Gasteiger charge is -2.51. The van der Waals surface area contributed by atoms with Crippen molar-refractivity contribution in [1.29, 1.82) is 0 Å². The molecule has 2 fully saturated rings.